The van der Waals surface area contributed by atoms with E-state index in [1.54, 1.807) is 0 Å². The highest BCUT2D eigenvalue weighted by Crippen LogP contribution is 2.63. The first-order valence-electron chi connectivity index (χ1n) is 25.1. The van der Waals surface area contributed by atoms with Gasteiger partial charge in [-0.2, -0.15) is 0 Å². The molecule has 14 rings (SSSR count). The molecule has 0 amide bonds. The van der Waals surface area contributed by atoms with Crippen LogP contribution in [-0.4, -0.2) is 12.4 Å². The molecule has 1 saturated carbocycles. The minimum Gasteiger partial charge on any atom is -0.456 e. The Labute approximate surface area is 399 Å². The van der Waals surface area contributed by atoms with Crippen LogP contribution < -0.4 is 20.6 Å². The lowest BCUT2D eigenvalue weighted by Crippen LogP contribution is -2.64. The van der Waals surface area contributed by atoms with Gasteiger partial charge in [-0.05, 0) is 111 Å². The van der Waals surface area contributed by atoms with Crippen LogP contribution in [0.4, 0.5) is 22.7 Å². The van der Waals surface area contributed by atoms with Crippen molar-refractivity contribution in [3.63, 3.8) is 0 Å². The Morgan fingerprint density at radius 1 is 0.515 bits per heavy atom. The summed E-state index contributed by atoms with van der Waals surface area (Å²) < 4.78 is 21.0. The van der Waals surface area contributed by atoms with Crippen LogP contribution in [0.25, 0.3) is 76.9 Å². The molecule has 0 saturated heterocycles. The third-order valence-corrected chi connectivity index (χ3v) is 17.4. The van der Waals surface area contributed by atoms with Crippen molar-refractivity contribution in [2.45, 2.75) is 129 Å². The van der Waals surface area contributed by atoms with Crippen molar-refractivity contribution in [1.82, 2.24) is 0 Å². The van der Waals surface area contributed by atoms with E-state index in [1.807, 2.05) is 0 Å². The topological polar surface area (TPSA) is 45.9 Å². The third kappa shape index (κ3) is 5.14. The van der Waals surface area contributed by atoms with Crippen LogP contribution in [0.1, 0.15) is 124 Å². The van der Waals surface area contributed by atoms with E-state index in [0.717, 1.165) is 84.6 Å². The van der Waals surface area contributed by atoms with Gasteiger partial charge in [0.1, 0.15) is 33.5 Å². The van der Waals surface area contributed by atoms with Crippen molar-refractivity contribution < 1.29 is 13.3 Å². The second kappa shape index (κ2) is 12.8. The summed E-state index contributed by atoms with van der Waals surface area (Å²) in [5.74, 6) is 0. The van der Waals surface area contributed by atoms with E-state index >= 15 is 0 Å². The number of hydrogen-bond donors (Lipinski definition) is 0. The van der Waals surface area contributed by atoms with Crippen molar-refractivity contribution in [1.29, 1.82) is 0 Å². The largest absolute Gasteiger partial charge is 0.456 e. The summed E-state index contributed by atoms with van der Waals surface area (Å²) in [5.41, 5.74) is 20.7. The minimum atomic E-state index is -0.172. The number of rotatable bonds is 1. The van der Waals surface area contributed by atoms with Gasteiger partial charge >= 0.3 is 6.85 Å². The summed E-state index contributed by atoms with van der Waals surface area (Å²) >= 11 is 0. The molecule has 2 atom stereocenters. The minimum absolute atomic E-state index is 0.00528. The number of hydrogen-bond acceptors (Lipinski definition) is 5. The Kier molecular flexibility index (Phi) is 7.66. The van der Waals surface area contributed by atoms with Gasteiger partial charge in [0, 0.05) is 84.2 Å². The first-order chi connectivity index (χ1) is 32.3. The third-order valence-electron chi connectivity index (χ3n) is 17.4. The first kappa shape index (κ1) is 40.7. The van der Waals surface area contributed by atoms with E-state index in [1.165, 1.54) is 73.9 Å². The number of nitrogens with zero attached hydrogens (tertiary/aromatic N) is 2. The normalized spacial score (nSPS) is 20.1. The van der Waals surface area contributed by atoms with Crippen LogP contribution >= 0.6 is 0 Å². The molecule has 0 bridgehead atoms. The molecule has 2 unspecified atom stereocenters. The summed E-state index contributed by atoms with van der Waals surface area (Å²) in [6.07, 6.45) is 4.72. The van der Waals surface area contributed by atoms with E-state index in [4.69, 9.17) is 13.3 Å². The van der Waals surface area contributed by atoms with Crippen molar-refractivity contribution in [2.75, 3.05) is 9.71 Å². The summed E-state index contributed by atoms with van der Waals surface area (Å²) in [5, 5.41) is 6.87. The van der Waals surface area contributed by atoms with Crippen molar-refractivity contribution in [3.8, 4) is 11.1 Å². The predicted octanol–water partition coefficient (Wildman–Crippen LogP) is 16.3. The summed E-state index contributed by atoms with van der Waals surface area (Å²) in [6.45, 7) is 25.8. The Balaban J connectivity index is 1.15. The molecular formula is C62H59BN2O3. The molecule has 1 aliphatic carbocycles. The molecule has 0 radical (unpaired) electrons. The monoisotopic (exact) mass is 890 g/mol. The Morgan fingerprint density at radius 2 is 1.10 bits per heavy atom. The van der Waals surface area contributed by atoms with Crippen LogP contribution in [0.2, 0.25) is 0 Å². The molecule has 10 aromatic rings. The van der Waals surface area contributed by atoms with Gasteiger partial charge in [0.15, 0.2) is 0 Å². The SMILES string of the molecule is CC(C)(C)c1cc2c3c(c1)C1(C)CCCCC1(C)N3c1cc3oc4ccccc4c3c3c1B2N(c1ccc2c(c1)oc1cc(C(C)(C)C)ccc12)c1cc2oc4cc(C(C)(C)C)ccc4c2cc1-3. The van der Waals surface area contributed by atoms with E-state index < -0.39 is 0 Å². The lowest BCUT2D eigenvalue weighted by atomic mass is 9.43. The number of benzene rings is 7. The van der Waals surface area contributed by atoms with Gasteiger partial charge in [-0.3, -0.25) is 0 Å². The number of furan rings is 3. The van der Waals surface area contributed by atoms with E-state index in [2.05, 4.69) is 195 Å². The molecule has 3 aromatic heterocycles. The van der Waals surface area contributed by atoms with Gasteiger partial charge in [0.05, 0.1) is 5.54 Å². The summed E-state index contributed by atoms with van der Waals surface area (Å²) in [4.78, 5) is 5.48. The lowest BCUT2D eigenvalue weighted by molar-refractivity contribution is 0.195. The van der Waals surface area contributed by atoms with E-state index in [9.17, 15) is 0 Å². The molecule has 68 heavy (non-hydrogen) atoms. The van der Waals surface area contributed by atoms with Crippen LogP contribution in [0.5, 0.6) is 0 Å². The zero-order valence-electron chi connectivity index (χ0n) is 41.4. The van der Waals surface area contributed by atoms with Crippen LogP contribution in [0, 0.1) is 0 Å². The number of para-hydroxylation sites is 1. The quantitative estimate of drug-likeness (QED) is 0.154. The number of fused-ring (bicyclic) bond motifs is 17. The summed E-state index contributed by atoms with van der Waals surface area (Å²) in [6, 6.07) is 41.6. The van der Waals surface area contributed by atoms with Crippen LogP contribution in [0.15, 0.2) is 122 Å². The lowest BCUT2D eigenvalue weighted by Gasteiger charge is -2.53. The molecule has 4 aliphatic rings. The van der Waals surface area contributed by atoms with Crippen molar-refractivity contribution in [2.24, 2.45) is 0 Å². The maximum absolute atomic E-state index is 7.03. The van der Waals surface area contributed by atoms with Crippen LogP contribution in [0.3, 0.4) is 0 Å². The van der Waals surface area contributed by atoms with Gasteiger partial charge < -0.3 is 23.0 Å². The summed E-state index contributed by atoms with van der Waals surface area (Å²) in [7, 11) is 0. The molecule has 7 aromatic carbocycles. The second-order valence-corrected chi connectivity index (χ2v) is 24.5. The average molecular weight is 891 g/mol. The van der Waals surface area contributed by atoms with Gasteiger partial charge in [0.25, 0.3) is 0 Å². The Bertz CT molecular complexity index is 3880. The fourth-order valence-electron chi connectivity index (χ4n) is 13.4. The predicted molar refractivity (Wildman–Crippen MR) is 286 cm³/mol. The van der Waals surface area contributed by atoms with Gasteiger partial charge in [-0.25, -0.2) is 0 Å². The average Bonchev–Trinajstić information content (AvgIpc) is 4.02. The molecule has 0 spiro atoms. The zero-order chi connectivity index (χ0) is 46.8. The first-order valence-corrected chi connectivity index (χ1v) is 25.1. The molecule has 3 aliphatic heterocycles. The van der Waals surface area contributed by atoms with E-state index in [-0.39, 0.29) is 34.0 Å². The maximum Gasteiger partial charge on any atom is 0.333 e. The molecule has 6 heterocycles. The van der Waals surface area contributed by atoms with Gasteiger partial charge in [-0.1, -0.05) is 137 Å². The Morgan fingerprint density at radius 3 is 1.79 bits per heavy atom. The van der Waals surface area contributed by atoms with Crippen molar-refractivity contribution >= 4 is 106 Å². The fraction of sp³-hybridized carbons (Fsp3) is 0.323. The van der Waals surface area contributed by atoms with Gasteiger partial charge in [-0.15, -0.1) is 0 Å². The Hall–Kier alpha value is -6.40. The number of anilines is 4. The van der Waals surface area contributed by atoms with Crippen LogP contribution in [-0.2, 0) is 21.7 Å². The highest BCUT2D eigenvalue weighted by molar-refractivity contribution is 6.94. The zero-order valence-corrected chi connectivity index (χ0v) is 41.4. The molecule has 5 nitrogen and oxygen atoms in total. The highest BCUT2D eigenvalue weighted by atomic mass is 16.3. The standard InChI is InChI=1S/C62H59BN2O3/c1-58(2,3)34-18-21-38-39-23-20-37(30-51(39)67-49(38)28-34)65-46-32-52-42(40-22-19-35(59(4,5)6)29-50(40)68-52)31-43(46)55-54-41-16-12-13-17-48(41)66-53(54)33-47-56(55)63(65)45-27-36(60(7,8)9)26-44-57(45)64(47)62(11)25-15-14-24-61(44,62)10/h12-13,16-23,26-33H,14-15,24-25H2,1-11H3. The van der Waals surface area contributed by atoms with Crippen molar-refractivity contribution in [3.05, 3.63) is 131 Å². The molecular weight excluding hydrogens is 832 g/mol. The highest BCUT2D eigenvalue weighted by Gasteiger charge is 2.62. The molecule has 0 N–H and O–H groups in total. The van der Waals surface area contributed by atoms with E-state index in [0.29, 0.717) is 0 Å². The van der Waals surface area contributed by atoms with Gasteiger partial charge in [0.2, 0.25) is 0 Å². The second-order valence-electron chi connectivity index (χ2n) is 24.5. The smallest absolute Gasteiger partial charge is 0.333 e. The fourth-order valence-corrected chi connectivity index (χ4v) is 13.4. The maximum atomic E-state index is 7.03. The molecule has 6 heteroatoms. The molecule has 1 fully saturated rings. The molecule has 338 valence electrons.